The van der Waals surface area contributed by atoms with E-state index in [0.29, 0.717) is 25.0 Å². The zero-order chi connectivity index (χ0) is 28.1. The summed E-state index contributed by atoms with van der Waals surface area (Å²) in [6, 6.07) is 0. The molecule has 4 rings (SSSR count). The van der Waals surface area contributed by atoms with Crippen molar-refractivity contribution in [2.24, 2.45) is 39.4 Å². The van der Waals surface area contributed by atoms with Gasteiger partial charge in [-0.25, -0.2) is 0 Å². The highest BCUT2D eigenvalue weighted by molar-refractivity contribution is 5.87. The first-order valence-corrected chi connectivity index (χ1v) is 13.8. The van der Waals surface area contributed by atoms with Crippen LogP contribution in [0.15, 0.2) is 23.5 Å². The largest absolute Gasteiger partial charge is 0.513 e. The maximum Gasteiger partial charge on any atom is 0.167 e. The van der Waals surface area contributed by atoms with Gasteiger partial charge in [-0.1, -0.05) is 46.3 Å². The maximum absolute atomic E-state index is 13.4. The molecule has 37 heavy (non-hydrogen) atoms. The molecule has 210 valence electrons. The molecule has 2 fully saturated rings. The smallest absolute Gasteiger partial charge is 0.167 e. The summed E-state index contributed by atoms with van der Waals surface area (Å²) in [5, 5.41) is 66.2. The summed E-state index contributed by atoms with van der Waals surface area (Å²) in [6.07, 6.45) is 2.50. The van der Waals surface area contributed by atoms with Crippen LogP contribution in [-0.2, 0) is 4.79 Å². The lowest BCUT2D eigenvalue weighted by molar-refractivity contribution is -0.208. The third kappa shape index (κ3) is 3.90. The lowest BCUT2D eigenvalue weighted by atomic mass is 9.38. The van der Waals surface area contributed by atoms with E-state index in [4.69, 9.17) is 0 Å². The quantitative estimate of drug-likeness (QED) is 0.305. The van der Waals surface area contributed by atoms with E-state index in [1.165, 1.54) is 26.3 Å². The number of carbonyl (C=O) groups excluding carboxylic acids is 1. The van der Waals surface area contributed by atoms with Gasteiger partial charge in [0.1, 0.15) is 5.60 Å². The number of Topliss-reactive ketones (excluding diaryl/α,β-unsaturated/α-hetero) is 1. The SMILES string of the molecule is CC1(C)CC(O)=C[C@@H]2C1=CC[C@@H]1[C@@]2(C)C(O)C[C@]2(C)C(C(C)(O)C(=O)CC(O)C(C)(C)O)[C@H](O)C[C@@]12C. The first kappa shape index (κ1) is 28.8. The average Bonchev–Trinajstić information content (AvgIpc) is 2.92. The van der Waals surface area contributed by atoms with Crippen LogP contribution in [0.25, 0.3) is 0 Å². The van der Waals surface area contributed by atoms with Gasteiger partial charge >= 0.3 is 0 Å². The fourth-order valence-corrected chi connectivity index (χ4v) is 9.22. The molecule has 0 radical (unpaired) electrons. The van der Waals surface area contributed by atoms with Gasteiger partial charge < -0.3 is 30.6 Å². The molecular weight excluding hydrogens is 472 g/mol. The predicted molar refractivity (Wildman–Crippen MR) is 140 cm³/mol. The molecule has 0 spiro atoms. The molecule has 0 heterocycles. The van der Waals surface area contributed by atoms with Gasteiger partial charge in [-0.3, -0.25) is 4.79 Å². The van der Waals surface area contributed by atoms with E-state index in [9.17, 15) is 35.4 Å². The molecule has 0 aromatic heterocycles. The first-order chi connectivity index (χ1) is 16.6. The van der Waals surface area contributed by atoms with Crippen molar-refractivity contribution in [2.75, 3.05) is 0 Å². The summed E-state index contributed by atoms with van der Waals surface area (Å²) < 4.78 is 0. The molecule has 7 nitrogen and oxygen atoms in total. The molecule has 0 aromatic carbocycles. The van der Waals surface area contributed by atoms with Gasteiger partial charge in [0.2, 0.25) is 0 Å². The number of fused-ring (bicyclic) bond motifs is 5. The normalized spacial score (nSPS) is 45.5. The second-order valence-corrected chi connectivity index (χ2v) is 14.8. The number of ketones is 1. The highest BCUT2D eigenvalue weighted by atomic mass is 16.3. The molecule has 2 saturated carbocycles. The fourth-order valence-electron chi connectivity index (χ4n) is 9.22. The molecule has 10 atom stereocenters. The topological polar surface area (TPSA) is 138 Å². The number of hydrogen-bond acceptors (Lipinski definition) is 7. The molecule has 0 bridgehead atoms. The zero-order valence-electron chi connectivity index (χ0n) is 23.7. The minimum Gasteiger partial charge on any atom is -0.513 e. The molecule has 4 aliphatic carbocycles. The number of allylic oxidation sites excluding steroid dienone is 4. The van der Waals surface area contributed by atoms with Gasteiger partial charge in [0.25, 0.3) is 0 Å². The molecule has 6 N–H and O–H groups in total. The Morgan fingerprint density at radius 2 is 1.65 bits per heavy atom. The van der Waals surface area contributed by atoms with E-state index < -0.39 is 63.9 Å². The monoisotopic (exact) mass is 520 g/mol. The van der Waals surface area contributed by atoms with Gasteiger partial charge in [-0.2, -0.15) is 0 Å². The average molecular weight is 521 g/mol. The van der Waals surface area contributed by atoms with Gasteiger partial charge in [0.05, 0.1) is 29.7 Å². The number of rotatable bonds is 5. The van der Waals surface area contributed by atoms with Crippen molar-refractivity contribution >= 4 is 5.78 Å². The Bertz CT molecular complexity index is 1020. The van der Waals surface area contributed by atoms with Crippen molar-refractivity contribution in [1.29, 1.82) is 0 Å². The van der Waals surface area contributed by atoms with Crippen LogP contribution in [0.2, 0.25) is 0 Å². The molecule has 0 aromatic rings. The lowest BCUT2D eigenvalue weighted by Crippen LogP contribution is -2.65. The van der Waals surface area contributed by atoms with Crippen molar-refractivity contribution in [3.63, 3.8) is 0 Å². The van der Waals surface area contributed by atoms with Crippen LogP contribution >= 0.6 is 0 Å². The number of aliphatic hydroxyl groups excluding tert-OH is 4. The van der Waals surface area contributed by atoms with Crippen molar-refractivity contribution in [3.8, 4) is 0 Å². The van der Waals surface area contributed by atoms with Crippen molar-refractivity contribution in [2.45, 2.75) is 117 Å². The van der Waals surface area contributed by atoms with Gasteiger partial charge in [0, 0.05) is 30.1 Å². The summed E-state index contributed by atoms with van der Waals surface area (Å²) in [6.45, 7) is 14.7. The summed E-state index contributed by atoms with van der Waals surface area (Å²) in [7, 11) is 0. The first-order valence-electron chi connectivity index (χ1n) is 13.8. The second kappa shape index (κ2) is 8.37. The van der Waals surface area contributed by atoms with Crippen LogP contribution in [-0.4, -0.2) is 65.9 Å². The van der Waals surface area contributed by atoms with Crippen molar-refractivity contribution in [1.82, 2.24) is 0 Å². The number of carbonyl (C=O) groups is 1. The van der Waals surface area contributed by atoms with Gasteiger partial charge in [-0.15, -0.1) is 0 Å². The summed E-state index contributed by atoms with van der Waals surface area (Å²) in [5.74, 6) is -1.36. The van der Waals surface area contributed by atoms with Gasteiger partial charge in [0.15, 0.2) is 5.78 Å². The van der Waals surface area contributed by atoms with Crippen LogP contribution in [0.4, 0.5) is 0 Å². The highest BCUT2D eigenvalue weighted by Gasteiger charge is 2.74. The van der Waals surface area contributed by atoms with E-state index in [2.05, 4.69) is 33.8 Å². The third-order valence-corrected chi connectivity index (χ3v) is 11.6. The summed E-state index contributed by atoms with van der Waals surface area (Å²) >= 11 is 0. The van der Waals surface area contributed by atoms with E-state index in [-0.39, 0.29) is 23.7 Å². The van der Waals surface area contributed by atoms with Gasteiger partial charge in [-0.05, 0) is 68.3 Å². The third-order valence-electron chi connectivity index (χ3n) is 11.6. The van der Waals surface area contributed by atoms with Crippen LogP contribution in [0.5, 0.6) is 0 Å². The Kier molecular flexibility index (Phi) is 6.51. The number of hydrogen-bond donors (Lipinski definition) is 6. The molecule has 0 saturated heterocycles. The minimum atomic E-state index is -1.97. The van der Waals surface area contributed by atoms with E-state index in [0.717, 1.165) is 0 Å². The van der Waals surface area contributed by atoms with Crippen molar-refractivity contribution < 1.29 is 35.4 Å². The molecule has 4 aliphatic rings. The van der Waals surface area contributed by atoms with Crippen LogP contribution < -0.4 is 0 Å². The molecule has 0 aliphatic heterocycles. The van der Waals surface area contributed by atoms with Crippen LogP contribution in [0.3, 0.4) is 0 Å². The van der Waals surface area contributed by atoms with E-state index >= 15 is 0 Å². The molecule has 4 unspecified atom stereocenters. The van der Waals surface area contributed by atoms with Crippen molar-refractivity contribution in [3.05, 3.63) is 23.5 Å². The molecule has 0 amide bonds. The van der Waals surface area contributed by atoms with Crippen LogP contribution in [0.1, 0.15) is 87.5 Å². The van der Waals surface area contributed by atoms with E-state index in [1.807, 2.05) is 13.0 Å². The second-order valence-electron chi connectivity index (χ2n) is 14.8. The summed E-state index contributed by atoms with van der Waals surface area (Å²) in [5.41, 5.74) is -4.37. The minimum absolute atomic E-state index is 0.0621. The van der Waals surface area contributed by atoms with E-state index in [1.54, 1.807) is 0 Å². The summed E-state index contributed by atoms with van der Waals surface area (Å²) in [4.78, 5) is 13.4. The molecular formula is C30H48O7. The fraction of sp³-hybridized carbons (Fsp3) is 0.833. The maximum atomic E-state index is 13.4. The Morgan fingerprint density at radius 3 is 2.22 bits per heavy atom. The lowest BCUT2D eigenvalue weighted by Gasteiger charge is -2.66. The molecule has 7 heteroatoms. The van der Waals surface area contributed by atoms with Crippen LogP contribution in [0, 0.1) is 39.4 Å². The Balaban J connectivity index is 1.77. The zero-order valence-corrected chi connectivity index (χ0v) is 23.7. The Morgan fingerprint density at radius 1 is 1.05 bits per heavy atom. The Hall–Kier alpha value is -1.25. The predicted octanol–water partition coefficient (Wildman–Crippen LogP) is 3.43. The Labute approximate surface area is 221 Å². The number of aliphatic hydroxyl groups is 6. The standard InChI is InChI=1S/C30H48O7/c1-25(2)13-16(31)11-18-17(25)9-10-20-27(5)14-19(32)24(28(27,6)15-23(35)29(18,20)7)30(8,37)22(34)12-21(33)26(3,4)36/h9,11,18-21,23-24,31-33,35-37H,10,12-15H2,1-8H3/t18-,19-,20+,21?,23?,24?,27+,28-,29+,30?/m1/s1. The highest BCUT2D eigenvalue weighted by Crippen LogP contribution is 2.74.